The molecule has 5 nitrogen and oxygen atoms in total. The van der Waals surface area contributed by atoms with Crippen molar-refractivity contribution >= 4 is 6.03 Å². The van der Waals surface area contributed by atoms with E-state index >= 15 is 0 Å². The van der Waals surface area contributed by atoms with E-state index in [2.05, 4.69) is 15.6 Å². The van der Waals surface area contributed by atoms with Crippen molar-refractivity contribution in [2.24, 2.45) is 0 Å². The van der Waals surface area contributed by atoms with E-state index < -0.39 is 5.60 Å². The average Bonchev–Trinajstić information content (AvgIpc) is 2.93. The summed E-state index contributed by atoms with van der Waals surface area (Å²) in [5, 5.41) is 16.4. The van der Waals surface area contributed by atoms with E-state index in [1.807, 2.05) is 43.5 Å². The molecular weight excluding hydrogens is 302 g/mol. The third-order valence-electron chi connectivity index (χ3n) is 4.68. The zero-order valence-corrected chi connectivity index (χ0v) is 13.9. The lowest BCUT2D eigenvalue weighted by Gasteiger charge is -2.24. The summed E-state index contributed by atoms with van der Waals surface area (Å²) in [6, 6.07) is 9.59. The minimum absolute atomic E-state index is 0.226. The lowest BCUT2D eigenvalue weighted by Crippen LogP contribution is -2.44. The summed E-state index contributed by atoms with van der Waals surface area (Å²) in [5.41, 5.74) is 3.42. The molecule has 0 fully saturated rings. The summed E-state index contributed by atoms with van der Waals surface area (Å²) in [6.07, 6.45) is 5.83. The molecule has 1 aliphatic rings. The molecule has 3 rings (SSSR count). The summed E-state index contributed by atoms with van der Waals surface area (Å²) in [6.45, 7) is 2.78. The number of benzene rings is 1. The SMILES string of the molecule is Cc1cnccc1CCNC(=O)NCC1(O)CCc2ccccc21. The highest BCUT2D eigenvalue weighted by Crippen LogP contribution is 2.36. The Morgan fingerprint density at radius 2 is 2.12 bits per heavy atom. The molecule has 126 valence electrons. The van der Waals surface area contributed by atoms with Gasteiger partial charge in [0.05, 0.1) is 6.54 Å². The van der Waals surface area contributed by atoms with E-state index in [0.717, 1.165) is 29.5 Å². The van der Waals surface area contributed by atoms with Gasteiger partial charge < -0.3 is 15.7 Å². The molecule has 24 heavy (non-hydrogen) atoms. The number of aryl methyl sites for hydroxylation is 2. The van der Waals surface area contributed by atoms with Gasteiger partial charge in [-0.15, -0.1) is 0 Å². The van der Waals surface area contributed by atoms with Crippen molar-refractivity contribution in [1.82, 2.24) is 15.6 Å². The van der Waals surface area contributed by atoms with Crippen molar-refractivity contribution in [2.75, 3.05) is 13.1 Å². The number of pyridine rings is 1. The van der Waals surface area contributed by atoms with Crippen LogP contribution in [0.3, 0.4) is 0 Å². The molecule has 0 saturated heterocycles. The van der Waals surface area contributed by atoms with Gasteiger partial charge in [-0.3, -0.25) is 4.98 Å². The third kappa shape index (κ3) is 3.57. The zero-order valence-electron chi connectivity index (χ0n) is 13.9. The first-order valence-corrected chi connectivity index (χ1v) is 8.30. The summed E-state index contributed by atoms with van der Waals surface area (Å²) >= 11 is 0. The molecule has 3 N–H and O–H groups in total. The first-order valence-electron chi connectivity index (χ1n) is 8.30. The highest BCUT2D eigenvalue weighted by molar-refractivity contribution is 5.74. The molecule has 1 atom stereocenters. The Kier molecular flexibility index (Phi) is 4.81. The number of hydrogen-bond donors (Lipinski definition) is 3. The quantitative estimate of drug-likeness (QED) is 0.788. The van der Waals surface area contributed by atoms with Crippen LogP contribution in [0.15, 0.2) is 42.7 Å². The predicted molar refractivity (Wildman–Crippen MR) is 92.7 cm³/mol. The van der Waals surface area contributed by atoms with Crippen molar-refractivity contribution in [3.05, 3.63) is 65.0 Å². The molecule has 0 bridgehead atoms. The van der Waals surface area contributed by atoms with Crippen LogP contribution in [0.2, 0.25) is 0 Å². The number of urea groups is 1. The lowest BCUT2D eigenvalue weighted by atomic mass is 9.96. The Labute approximate surface area is 142 Å². The Bertz CT molecular complexity index is 732. The topological polar surface area (TPSA) is 74.2 Å². The molecule has 1 aliphatic carbocycles. The average molecular weight is 325 g/mol. The fourth-order valence-corrected chi connectivity index (χ4v) is 3.23. The van der Waals surface area contributed by atoms with Gasteiger partial charge in [-0.05, 0) is 54.5 Å². The minimum atomic E-state index is -0.963. The largest absolute Gasteiger partial charge is 0.383 e. The van der Waals surface area contributed by atoms with Gasteiger partial charge in [0.1, 0.15) is 5.60 Å². The van der Waals surface area contributed by atoms with Crippen LogP contribution in [0, 0.1) is 6.92 Å². The fraction of sp³-hybridized carbons (Fsp3) is 0.368. The van der Waals surface area contributed by atoms with Crippen LogP contribution < -0.4 is 10.6 Å². The highest BCUT2D eigenvalue weighted by Gasteiger charge is 2.36. The monoisotopic (exact) mass is 325 g/mol. The number of nitrogens with zero attached hydrogens (tertiary/aromatic N) is 1. The Balaban J connectivity index is 1.47. The molecule has 5 heteroatoms. The normalized spacial score (nSPS) is 18.9. The van der Waals surface area contributed by atoms with Crippen molar-refractivity contribution in [3.63, 3.8) is 0 Å². The minimum Gasteiger partial charge on any atom is -0.383 e. The first kappa shape index (κ1) is 16.5. The van der Waals surface area contributed by atoms with Gasteiger partial charge in [-0.1, -0.05) is 24.3 Å². The number of amides is 2. The number of hydrogen-bond acceptors (Lipinski definition) is 3. The van der Waals surface area contributed by atoms with Gasteiger partial charge >= 0.3 is 6.03 Å². The molecule has 0 aliphatic heterocycles. The number of rotatable bonds is 5. The molecular formula is C19H23N3O2. The summed E-state index contributed by atoms with van der Waals surface area (Å²) < 4.78 is 0. The molecule has 0 radical (unpaired) electrons. The highest BCUT2D eigenvalue weighted by atomic mass is 16.3. The number of fused-ring (bicyclic) bond motifs is 1. The molecule has 1 aromatic heterocycles. The first-order chi connectivity index (χ1) is 11.6. The number of carbonyl (C=O) groups excluding carboxylic acids is 1. The van der Waals surface area contributed by atoms with Crippen LogP contribution >= 0.6 is 0 Å². The maximum atomic E-state index is 12.0. The molecule has 0 spiro atoms. The molecule has 2 aromatic rings. The summed E-state index contributed by atoms with van der Waals surface area (Å²) in [4.78, 5) is 16.0. The van der Waals surface area contributed by atoms with E-state index in [-0.39, 0.29) is 12.6 Å². The van der Waals surface area contributed by atoms with Crippen molar-refractivity contribution in [2.45, 2.75) is 31.8 Å². The second kappa shape index (κ2) is 7.01. The van der Waals surface area contributed by atoms with E-state index in [1.165, 1.54) is 5.56 Å². The van der Waals surface area contributed by atoms with E-state index in [9.17, 15) is 9.90 Å². The van der Waals surface area contributed by atoms with Crippen LogP contribution in [-0.2, 0) is 18.4 Å². The number of carbonyl (C=O) groups is 1. The van der Waals surface area contributed by atoms with Crippen molar-refractivity contribution < 1.29 is 9.90 Å². The van der Waals surface area contributed by atoms with Crippen molar-refractivity contribution in [3.8, 4) is 0 Å². The second-order valence-electron chi connectivity index (χ2n) is 6.35. The zero-order chi connectivity index (χ0) is 17.0. The third-order valence-corrected chi connectivity index (χ3v) is 4.68. The summed E-state index contributed by atoms with van der Waals surface area (Å²) in [5.74, 6) is 0. The van der Waals surface area contributed by atoms with E-state index in [4.69, 9.17) is 0 Å². The van der Waals surface area contributed by atoms with Crippen LogP contribution in [0.5, 0.6) is 0 Å². The van der Waals surface area contributed by atoms with Crippen LogP contribution in [0.4, 0.5) is 4.79 Å². The maximum absolute atomic E-state index is 12.0. The summed E-state index contributed by atoms with van der Waals surface area (Å²) in [7, 11) is 0. The second-order valence-corrected chi connectivity index (χ2v) is 6.35. The van der Waals surface area contributed by atoms with Gasteiger partial charge in [-0.25, -0.2) is 4.79 Å². The van der Waals surface area contributed by atoms with Gasteiger partial charge in [0.15, 0.2) is 0 Å². The molecule has 2 amide bonds. The van der Waals surface area contributed by atoms with Crippen molar-refractivity contribution in [1.29, 1.82) is 0 Å². The number of aromatic nitrogens is 1. The maximum Gasteiger partial charge on any atom is 0.314 e. The van der Waals surface area contributed by atoms with Crippen LogP contribution in [0.1, 0.15) is 28.7 Å². The Morgan fingerprint density at radius 3 is 2.96 bits per heavy atom. The number of aliphatic hydroxyl groups is 1. The molecule has 1 aromatic carbocycles. The van der Waals surface area contributed by atoms with Gasteiger partial charge in [-0.2, -0.15) is 0 Å². The van der Waals surface area contributed by atoms with Crippen LogP contribution in [0.25, 0.3) is 0 Å². The van der Waals surface area contributed by atoms with Gasteiger partial charge in [0.2, 0.25) is 0 Å². The Hall–Kier alpha value is -2.40. The Morgan fingerprint density at radius 1 is 1.29 bits per heavy atom. The van der Waals surface area contributed by atoms with Crippen LogP contribution in [-0.4, -0.2) is 29.2 Å². The molecule has 1 unspecified atom stereocenters. The smallest absolute Gasteiger partial charge is 0.314 e. The number of nitrogens with one attached hydrogen (secondary N) is 2. The molecule has 0 saturated carbocycles. The lowest BCUT2D eigenvalue weighted by molar-refractivity contribution is 0.0412. The van der Waals surface area contributed by atoms with Gasteiger partial charge in [0.25, 0.3) is 0 Å². The van der Waals surface area contributed by atoms with Gasteiger partial charge in [0, 0.05) is 18.9 Å². The standard InChI is InChI=1S/C19H23N3O2/c1-14-12-20-10-7-15(14)8-11-21-18(23)22-13-19(24)9-6-16-4-2-3-5-17(16)19/h2-5,7,10,12,24H,6,8-9,11,13H2,1H3,(H2,21,22,23). The fourth-order valence-electron chi connectivity index (χ4n) is 3.23. The van der Waals surface area contributed by atoms with E-state index in [1.54, 1.807) is 6.20 Å². The predicted octanol–water partition coefficient (Wildman–Crippen LogP) is 2.07. The van der Waals surface area contributed by atoms with E-state index in [0.29, 0.717) is 13.0 Å². The molecule has 1 heterocycles.